The Bertz CT molecular complexity index is 3110. The molecule has 1 aliphatic rings. The molecule has 0 unspecified atom stereocenters. The van der Waals surface area contributed by atoms with Gasteiger partial charge >= 0.3 is 0 Å². The van der Waals surface area contributed by atoms with E-state index in [1.807, 2.05) is 0 Å². The first-order chi connectivity index (χ1) is 28.0. The van der Waals surface area contributed by atoms with Crippen molar-refractivity contribution in [3.8, 4) is 39.1 Å². The molecule has 0 bridgehead atoms. The first kappa shape index (κ1) is 33.2. The Morgan fingerprint density at radius 1 is 0.368 bits per heavy atom. The summed E-state index contributed by atoms with van der Waals surface area (Å²) in [5, 5.41) is 5.02. The summed E-state index contributed by atoms with van der Waals surface area (Å²) in [6.07, 6.45) is 0. The molecule has 1 aliphatic carbocycles. The zero-order valence-electron chi connectivity index (χ0n) is 32.0. The van der Waals surface area contributed by atoms with Crippen molar-refractivity contribution in [1.82, 2.24) is 4.57 Å². The second-order valence-corrected chi connectivity index (χ2v) is 15.8. The van der Waals surface area contributed by atoms with Crippen LogP contribution in [0, 0.1) is 0 Å². The second kappa shape index (κ2) is 13.0. The molecule has 1 heterocycles. The lowest BCUT2D eigenvalue weighted by Crippen LogP contribution is -2.15. The average Bonchev–Trinajstić information content (AvgIpc) is 3.72. The molecule has 0 saturated carbocycles. The van der Waals surface area contributed by atoms with Gasteiger partial charge < -0.3 is 9.47 Å². The standard InChI is InChI=1S/C55H40N2/c1-55(2)50-22-9-5-19-46(50)49-36-44(32-33-51(49)55)56(43-17-13-16-40(35-43)41-27-26-37-14-3-4-15-39(37)34-41)42-30-28-38(29-31-42)45-18-6-10-23-52(45)57-53-24-11-7-20-47(53)48-21-8-12-25-54(48)57/h3-36H,1-2H3. The van der Waals surface area contributed by atoms with Crippen LogP contribution in [0.25, 0.3) is 71.6 Å². The molecule has 2 heteroatoms. The van der Waals surface area contributed by atoms with E-state index >= 15 is 0 Å². The quantitative estimate of drug-likeness (QED) is 0.165. The molecular weight excluding hydrogens is 689 g/mol. The largest absolute Gasteiger partial charge is 0.310 e. The predicted octanol–water partition coefficient (Wildman–Crippen LogP) is 15.0. The Morgan fingerprint density at radius 3 is 1.74 bits per heavy atom. The number of para-hydroxylation sites is 3. The van der Waals surface area contributed by atoms with Crippen LogP contribution in [0.2, 0.25) is 0 Å². The van der Waals surface area contributed by atoms with E-state index < -0.39 is 0 Å². The van der Waals surface area contributed by atoms with Gasteiger partial charge in [0.25, 0.3) is 0 Å². The molecular formula is C55H40N2. The highest BCUT2D eigenvalue weighted by molar-refractivity contribution is 6.09. The van der Waals surface area contributed by atoms with Gasteiger partial charge in [0, 0.05) is 38.8 Å². The molecule has 1 aromatic heterocycles. The third-order valence-corrected chi connectivity index (χ3v) is 12.2. The van der Waals surface area contributed by atoms with Crippen molar-refractivity contribution in [2.75, 3.05) is 4.90 Å². The van der Waals surface area contributed by atoms with Gasteiger partial charge in [0.1, 0.15) is 0 Å². The highest BCUT2D eigenvalue weighted by Gasteiger charge is 2.35. The summed E-state index contributed by atoms with van der Waals surface area (Å²) >= 11 is 0. The monoisotopic (exact) mass is 728 g/mol. The maximum absolute atomic E-state index is 2.42. The first-order valence-corrected chi connectivity index (χ1v) is 19.8. The molecule has 57 heavy (non-hydrogen) atoms. The summed E-state index contributed by atoms with van der Waals surface area (Å²) in [6.45, 7) is 4.69. The van der Waals surface area contributed by atoms with Gasteiger partial charge in [-0.3, -0.25) is 0 Å². The highest BCUT2D eigenvalue weighted by atomic mass is 15.1. The lowest BCUT2D eigenvalue weighted by Gasteiger charge is -2.28. The predicted molar refractivity (Wildman–Crippen MR) is 241 cm³/mol. The molecule has 0 N–H and O–H groups in total. The van der Waals surface area contributed by atoms with Gasteiger partial charge in [0.2, 0.25) is 0 Å². The fourth-order valence-electron chi connectivity index (χ4n) is 9.37. The minimum absolute atomic E-state index is 0.0588. The molecule has 2 nitrogen and oxygen atoms in total. The molecule has 270 valence electrons. The minimum atomic E-state index is -0.0588. The lowest BCUT2D eigenvalue weighted by atomic mass is 9.82. The maximum Gasteiger partial charge on any atom is 0.0541 e. The highest BCUT2D eigenvalue weighted by Crippen LogP contribution is 2.51. The number of fused-ring (bicyclic) bond motifs is 7. The second-order valence-electron chi connectivity index (χ2n) is 15.8. The smallest absolute Gasteiger partial charge is 0.0541 e. The number of nitrogens with zero attached hydrogens (tertiary/aromatic N) is 2. The van der Waals surface area contributed by atoms with Crippen molar-refractivity contribution < 1.29 is 0 Å². The van der Waals surface area contributed by atoms with Gasteiger partial charge in [-0.15, -0.1) is 0 Å². The Kier molecular flexibility index (Phi) is 7.55. The summed E-state index contributed by atoms with van der Waals surface area (Å²) in [6, 6.07) is 75.7. The third-order valence-electron chi connectivity index (χ3n) is 12.2. The van der Waals surface area contributed by atoms with Crippen LogP contribution < -0.4 is 4.90 Å². The van der Waals surface area contributed by atoms with Crippen LogP contribution in [0.3, 0.4) is 0 Å². The number of rotatable bonds is 6. The average molecular weight is 729 g/mol. The van der Waals surface area contributed by atoms with Gasteiger partial charge in [0.05, 0.1) is 16.7 Å². The van der Waals surface area contributed by atoms with Crippen LogP contribution >= 0.6 is 0 Å². The summed E-state index contributed by atoms with van der Waals surface area (Å²) in [5.74, 6) is 0. The zero-order chi connectivity index (χ0) is 38.1. The minimum Gasteiger partial charge on any atom is -0.310 e. The fourth-order valence-corrected chi connectivity index (χ4v) is 9.37. The number of hydrogen-bond donors (Lipinski definition) is 0. The van der Waals surface area contributed by atoms with Crippen LogP contribution in [0.4, 0.5) is 17.1 Å². The Hall–Kier alpha value is -7.16. The van der Waals surface area contributed by atoms with Gasteiger partial charge in [0.15, 0.2) is 0 Å². The van der Waals surface area contributed by atoms with Gasteiger partial charge in [-0.05, 0) is 110 Å². The fraction of sp³-hybridized carbons (Fsp3) is 0.0545. The van der Waals surface area contributed by atoms with E-state index in [4.69, 9.17) is 0 Å². The molecule has 10 aromatic rings. The van der Waals surface area contributed by atoms with Crippen molar-refractivity contribution in [3.05, 3.63) is 217 Å². The van der Waals surface area contributed by atoms with E-state index in [1.54, 1.807) is 0 Å². The van der Waals surface area contributed by atoms with Crippen LogP contribution in [0.5, 0.6) is 0 Å². The van der Waals surface area contributed by atoms with E-state index in [0.717, 1.165) is 17.1 Å². The van der Waals surface area contributed by atoms with E-state index in [0.29, 0.717) is 0 Å². The van der Waals surface area contributed by atoms with E-state index in [-0.39, 0.29) is 5.41 Å². The third kappa shape index (κ3) is 5.33. The SMILES string of the molecule is CC1(C)c2ccccc2-c2cc(N(c3ccc(-c4ccccc4-n4c5ccccc5c5ccccc54)cc3)c3cccc(-c4ccc5ccccc5c4)c3)ccc21. The summed E-state index contributed by atoms with van der Waals surface area (Å²) < 4.78 is 2.42. The van der Waals surface area contributed by atoms with Crippen molar-refractivity contribution in [1.29, 1.82) is 0 Å². The van der Waals surface area contributed by atoms with Crippen LogP contribution in [0.15, 0.2) is 206 Å². The molecule has 0 fully saturated rings. The van der Waals surface area contributed by atoms with E-state index in [2.05, 4.69) is 230 Å². The first-order valence-electron chi connectivity index (χ1n) is 19.8. The molecule has 0 amide bonds. The number of anilines is 3. The Labute approximate surface area is 333 Å². The van der Waals surface area contributed by atoms with Crippen LogP contribution in [-0.2, 0) is 5.41 Å². The summed E-state index contributed by atoms with van der Waals surface area (Å²) in [7, 11) is 0. The molecule has 0 radical (unpaired) electrons. The van der Waals surface area contributed by atoms with Crippen molar-refractivity contribution in [3.63, 3.8) is 0 Å². The topological polar surface area (TPSA) is 8.17 Å². The van der Waals surface area contributed by atoms with Crippen molar-refractivity contribution in [2.45, 2.75) is 19.3 Å². The number of aromatic nitrogens is 1. The molecule has 0 saturated heterocycles. The summed E-state index contributed by atoms with van der Waals surface area (Å²) in [5.41, 5.74) is 17.0. The normalized spacial score (nSPS) is 12.9. The number of hydrogen-bond acceptors (Lipinski definition) is 1. The van der Waals surface area contributed by atoms with E-state index in [9.17, 15) is 0 Å². The lowest BCUT2D eigenvalue weighted by molar-refractivity contribution is 0.660. The maximum atomic E-state index is 2.42. The van der Waals surface area contributed by atoms with Crippen molar-refractivity contribution >= 4 is 49.6 Å². The van der Waals surface area contributed by atoms with Crippen LogP contribution in [0.1, 0.15) is 25.0 Å². The number of benzene rings is 9. The Morgan fingerprint density at radius 2 is 0.947 bits per heavy atom. The molecule has 0 atom stereocenters. The Balaban J connectivity index is 1.06. The molecule has 9 aromatic carbocycles. The summed E-state index contributed by atoms with van der Waals surface area (Å²) in [4.78, 5) is 2.42. The van der Waals surface area contributed by atoms with E-state index in [1.165, 1.54) is 82.8 Å². The van der Waals surface area contributed by atoms with Gasteiger partial charge in [-0.1, -0.05) is 159 Å². The van der Waals surface area contributed by atoms with Crippen molar-refractivity contribution in [2.24, 2.45) is 0 Å². The zero-order valence-corrected chi connectivity index (χ0v) is 32.0. The molecule has 0 spiro atoms. The molecule has 0 aliphatic heterocycles. The van der Waals surface area contributed by atoms with Gasteiger partial charge in [-0.2, -0.15) is 0 Å². The molecule has 11 rings (SSSR count). The van der Waals surface area contributed by atoms with Gasteiger partial charge in [-0.25, -0.2) is 0 Å². The van der Waals surface area contributed by atoms with Crippen LogP contribution in [-0.4, -0.2) is 4.57 Å².